The molecule has 0 N–H and O–H groups in total. The molecule has 0 spiro atoms. The van der Waals surface area contributed by atoms with Crippen LogP contribution in [0.4, 0.5) is 0 Å². The Hall–Kier alpha value is -4.19. The predicted octanol–water partition coefficient (Wildman–Crippen LogP) is 14.2. The van der Waals surface area contributed by atoms with Gasteiger partial charge in [0.25, 0.3) is 0 Å². The average Bonchev–Trinajstić information content (AvgIpc) is 3.21. The molecular formula is C51H78O6. The molecule has 1 unspecified atom stereocenters. The molecule has 0 saturated heterocycles. The van der Waals surface area contributed by atoms with Gasteiger partial charge in [-0.1, -0.05) is 162 Å². The maximum atomic E-state index is 12.7. The van der Waals surface area contributed by atoms with Gasteiger partial charge in [-0.25, -0.2) is 0 Å². The summed E-state index contributed by atoms with van der Waals surface area (Å²) in [6.07, 6.45) is 60.7. The van der Waals surface area contributed by atoms with Crippen LogP contribution in [-0.4, -0.2) is 37.2 Å². The zero-order chi connectivity index (χ0) is 41.5. The largest absolute Gasteiger partial charge is 0.462 e. The molecule has 1 atom stereocenters. The summed E-state index contributed by atoms with van der Waals surface area (Å²) in [4.78, 5) is 37.6. The van der Waals surface area contributed by atoms with Gasteiger partial charge in [0.05, 0.1) is 0 Å². The highest BCUT2D eigenvalue weighted by molar-refractivity contribution is 5.71. The van der Waals surface area contributed by atoms with Gasteiger partial charge in [-0.3, -0.25) is 14.4 Å². The summed E-state index contributed by atoms with van der Waals surface area (Å²) < 4.78 is 16.5. The summed E-state index contributed by atoms with van der Waals surface area (Å²) in [5.41, 5.74) is 0. The smallest absolute Gasteiger partial charge is 0.306 e. The minimum atomic E-state index is -0.835. The molecule has 0 heterocycles. The van der Waals surface area contributed by atoms with Gasteiger partial charge in [-0.05, 0) is 103 Å². The maximum Gasteiger partial charge on any atom is 0.306 e. The quantitative estimate of drug-likeness (QED) is 0.0205. The molecule has 0 rings (SSSR count). The Morgan fingerprint density at radius 2 is 0.772 bits per heavy atom. The number of hydrogen-bond acceptors (Lipinski definition) is 6. The Balaban J connectivity index is 4.55. The van der Waals surface area contributed by atoms with E-state index in [4.69, 9.17) is 14.2 Å². The molecule has 0 fully saturated rings. The highest BCUT2D eigenvalue weighted by Crippen LogP contribution is 2.09. The van der Waals surface area contributed by atoms with E-state index in [2.05, 4.69) is 130 Å². The minimum absolute atomic E-state index is 0.134. The van der Waals surface area contributed by atoms with Crippen LogP contribution < -0.4 is 0 Å². The summed E-state index contributed by atoms with van der Waals surface area (Å²) >= 11 is 0. The van der Waals surface area contributed by atoms with Crippen LogP contribution in [0.2, 0.25) is 0 Å². The fourth-order valence-electron chi connectivity index (χ4n) is 5.18. The van der Waals surface area contributed by atoms with Crippen molar-refractivity contribution in [3.8, 4) is 0 Å². The molecule has 0 aliphatic carbocycles. The molecule has 0 aliphatic heterocycles. The standard InChI is InChI=1S/C51H78O6/c1-4-7-10-13-16-19-21-22-23-24-25-26-27-28-30-32-35-38-41-44-50(53)56-47-48(46-55-49(52)43-40-37-34-31-18-15-12-9-6-3)57-51(54)45-42-39-36-33-29-20-17-14-11-8-5-2/h7,9-10,12,14,16-20,22-23,25-26,28-31,35,38,48H,4-6,8,11,13,15,21,24,27,32-34,36-37,39-47H2,1-3H3/b10-7-,12-9-,17-14-,19-16-,23-22-,26-25-,29-20-,30-28-,31-18-,38-35-. The fourth-order valence-corrected chi connectivity index (χ4v) is 5.18. The maximum absolute atomic E-state index is 12.7. The first-order chi connectivity index (χ1) is 28.0. The summed E-state index contributed by atoms with van der Waals surface area (Å²) in [6.45, 7) is 6.18. The average molecular weight is 787 g/mol. The van der Waals surface area contributed by atoms with Gasteiger partial charge in [-0.2, -0.15) is 0 Å². The Kier molecular flexibility index (Phi) is 41.3. The highest BCUT2D eigenvalue weighted by atomic mass is 16.6. The fraction of sp³-hybridized carbons (Fsp3) is 0.549. The Labute approximate surface area is 348 Å². The van der Waals surface area contributed by atoms with Crippen LogP contribution in [0.5, 0.6) is 0 Å². The van der Waals surface area contributed by atoms with E-state index in [1.807, 2.05) is 12.2 Å². The van der Waals surface area contributed by atoms with Gasteiger partial charge in [-0.15, -0.1) is 0 Å². The van der Waals surface area contributed by atoms with Gasteiger partial charge in [0.2, 0.25) is 0 Å². The molecule has 0 amide bonds. The summed E-state index contributed by atoms with van der Waals surface area (Å²) in [5.74, 6) is -1.10. The Morgan fingerprint density at radius 3 is 1.28 bits per heavy atom. The van der Waals surface area contributed by atoms with E-state index in [-0.39, 0.29) is 44.0 Å². The number of carbonyl (C=O) groups is 3. The molecule has 6 heteroatoms. The molecular weight excluding hydrogens is 709 g/mol. The molecule has 0 saturated carbocycles. The van der Waals surface area contributed by atoms with Gasteiger partial charge in [0.1, 0.15) is 13.2 Å². The highest BCUT2D eigenvalue weighted by Gasteiger charge is 2.19. The molecule has 6 nitrogen and oxygen atoms in total. The summed E-state index contributed by atoms with van der Waals surface area (Å²) in [7, 11) is 0. The first kappa shape index (κ1) is 52.8. The first-order valence-electron chi connectivity index (χ1n) is 22.1. The van der Waals surface area contributed by atoms with Crippen LogP contribution in [0.3, 0.4) is 0 Å². The summed E-state index contributed by atoms with van der Waals surface area (Å²) in [6, 6.07) is 0. The molecule has 0 aliphatic rings. The van der Waals surface area contributed by atoms with Crippen molar-refractivity contribution >= 4 is 17.9 Å². The number of rotatable bonds is 37. The number of allylic oxidation sites excluding steroid dienone is 20. The zero-order valence-corrected chi connectivity index (χ0v) is 36.0. The van der Waals surface area contributed by atoms with Crippen LogP contribution in [0, 0.1) is 0 Å². The van der Waals surface area contributed by atoms with E-state index in [0.29, 0.717) is 25.7 Å². The number of unbranched alkanes of at least 4 members (excludes halogenated alkanes) is 7. The number of esters is 3. The van der Waals surface area contributed by atoms with E-state index in [9.17, 15) is 14.4 Å². The number of hydrogen-bond donors (Lipinski definition) is 0. The van der Waals surface area contributed by atoms with Crippen LogP contribution >= 0.6 is 0 Å². The Morgan fingerprint density at radius 1 is 0.386 bits per heavy atom. The topological polar surface area (TPSA) is 78.9 Å². The monoisotopic (exact) mass is 787 g/mol. The molecule has 0 radical (unpaired) electrons. The third-order valence-electron chi connectivity index (χ3n) is 8.47. The van der Waals surface area contributed by atoms with Crippen molar-refractivity contribution in [1.29, 1.82) is 0 Å². The second-order valence-electron chi connectivity index (χ2n) is 13.9. The van der Waals surface area contributed by atoms with E-state index in [0.717, 1.165) is 89.9 Å². The van der Waals surface area contributed by atoms with Crippen LogP contribution in [-0.2, 0) is 28.6 Å². The van der Waals surface area contributed by atoms with Crippen molar-refractivity contribution in [2.45, 2.75) is 168 Å². The molecule has 0 bridgehead atoms. The van der Waals surface area contributed by atoms with Crippen molar-refractivity contribution in [1.82, 2.24) is 0 Å². The SMILES string of the molecule is CC/C=C\C/C=C\C/C=C\C/C=C\C/C=C\C/C=C\CCC(=O)OCC(COC(=O)CCCC/C=C\C/C=C\CC)OC(=O)CCCCC/C=C\C=C/CCCC. The number of ether oxygens (including phenoxy) is 3. The lowest BCUT2D eigenvalue weighted by atomic mass is 10.1. The molecule has 318 valence electrons. The predicted molar refractivity (Wildman–Crippen MR) is 242 cm³/mol. The van der Waals surface area contributed by atoms with Crippen molar-refractivity contribution in [2.75, 3.05) is 13.2 Å². The Bertz CT molecular complexity index is 1270. The lowest BCUT2D eigenvalue weighted by Crippen LogP contribution is -2.30. The second kappa shape index (κ2) is 44.5. The van der Waals surface area contributed by atoms with E-state index in [1.54, 1.807) is 0 Å². The lowest BCUT2D eigenvalue weighted by molar-refractivity contribution is -0.166. The third-order valence-corrected chi connectivity index (χ3v) is 8.47. The van der Waals surface area contributed by atoms with E-state index < -0.39 is 6.10 Å². The van der Waals surface area contributed by atoms with Crippen molar-refractivity contribution in [3.63, 3.8) is 0 Å². The molecule has 57 heavy (non-hydrogen) atoms. The van der Waals surface area contributed by atoms with Gasteiger partial charge < -0.3 is 14.2 Å². The minimum Gasteiger partial charge on any atom is -0.462 e. The molecule has 0 aromatic rings. The molecule has 0 aromatic carbocycles. The van der Waals surface area contributed by atoms with Crippen LogP contribution in [0.15, 0.2) is 122 Å². The zero-order valence-electron chi connectivity index (χ0n) is 36.0. The van der Waals surface area contributed by atoms with Crippen LogP contribution in [0.25, 0.3) is 0 Å². The van der Waals surface area contributed by atoms with Gasteiger partial charge >= 0.3 is 17.9 Å². The summed E-state index contributed by atoms with van der Waals surface area (Å²) in [5, 5.41) is 0. The first-order valence-corrected chi connectivity index (χ1v) is 22.1. The lowest BCUT2D eigenvalue weighted by Gasteiger charge is -2.18. The van der Waals surface area contributed by atoms with Crippen molar-refractivity contribution in [3.05, 3.63) is 122 Å². The normalized spacial score (nSPS) is 13.2. The van der Waals surface area contributed by atoms with Crippen LogP contribution in [0.1, 0.15) is 162 Å². The van der Waals surface area contributed by atoms with Crippen molar-refractivity contribution in [2.24, 2.45) is 0 Å². The second-order valence-corrected chi connectivity index (χ2v) is 13.9. The molecule has 0 aromatic heterocycles. The van der Waals surface area contributed by atoms with Gasteiger partial charge in [0, 0.05) is 19.3 Å². The van der Waals surface area contributed by atoms with E-state index >= 15 is 0 Å². The van der Waals surface area contributed by atoms with Crippen molar-refractivity contribution < 1.29 is 28.6 Å². The van der Waals surface area contributed by atoms with Gasteiger partial charge in [0.15, 0.2) is 6.10 Å². The number of carbonyl (C=O) groups excluding carboxylic acids is 3. The third kappa shape index (κ3) is 42.8. The van der Waals surface area contributed by atoms with E-state index in [1.165, 1.54) is 12.8 Å².